The number of hydrogen-bond acceptors (Lipinski definition) is 7. The lowest BCUT2D eigenvalue weighted by Crippen LogP contribution is -2.40. The monoisotopic (exact) mass is 713 g/mol. The molecule has 0 aliphatic carbocycles. The molecule has 3 aromatic carbocycles. The fourth-order valence-corrected chi connectivity index (χ4v) is 6.84. The fourth-order valence-electron chi connectivity index (χ4n) is 5.75. The Morgan fingerprint density at radius 3 is 2.43 bits per heavy atom. The average molecular weight is 714 g/mol. The number of halogens is 7. The molecule has 0 spiro atoms. The van der Waals surface area contributed by atoms with Gasteiger partial charge in [-0.05, 0) is 73.3 Å². The topological polar surface area (TPSA) is 111 Å². The molecule has 4 N–H and O–H groups in total. The number of amides is 2. The quantitative estimate of drug-likeness (QED) is 0.138. The van der Waals surface area contributed by atoms with E-state index >= 15 is 0 Å². The number of nitrogens with one attached hydrogen (secondary N) is 2. The van der Waals surface area contributed by atoms with Crippen LogP contribution in [0.4, 0.5) is 42.1 Å². The van der Waals surface area contributed by atoms with E-state index in [4.69, 9.17) is 4.74 Å². The van der Waals surface area contributed by atoms with Crippen LogP contribution in [0.1, 0.15) is 55.5 Å². The van der Waals surface area contributed by atoms with Crippen LogP contribution in [0.3, 0.4) is 0 Å². The van der Waals surface area contributed by atoms with Crippen LogP contribution in [0.25, 0.3) is 10.1 Å². The molecule has 2 atom stereocenters. The van der Waals surface area contributed by atoms with Gasteiger partial charge in [-0.3, -0.25) is 9.59 Å². The number of nitrogens with zero attached hydrogens (tertiary/aromatic N) is 1. The number of aliphatic hydroxyl groups excluding tert-OH is 2. The zero-order valence-corrected chi connectivity index (χ0v) is 26.5. The number of likely N-dealkylation sites (tertiary alicyclic amines) is 1. The highest BCUT2D eigenvalue weighted by atomic mass is 32.1. The lowest BCUT2D eigenvalue weighted by Gasteiger charge is -2.34. The molecular formula is C33H30F7N3O5S. The van der Waals surface area contributed by atoms with Crippen LogP contribution >= 0.6 is 11.3 Å². The number of carbonyl (C=O) groups excluding carboxylic acids is 2. The summed E-state index contributed by atoms with van der Waals surface area (Å²) in [6.07, 6.45) is -9.16. The molecule has 1 saturated heterocycles. The van der Waals surface area contributed by atoms with Gasteiger partial charge >= 0.3 is 12.4 Å². The van der Waals surface area contributed by atoms with E-state index in [1.807, 2.05) is 4.90 Å². The van der Waals surface area contributed by atoms with E-state index in [2.05, 4.69) is 10.6 Å². The summed E-state index contributed by atoms with van der Waals surface area (Å²) in [6.45, 7) is 1.11. The van der Waals surface area contributed by atoms with E-state index < -0.39 is 52.9 Å². The molecule has 16 heteroatoms. The third kappa shape index (κ3) is 8.15. The van der Waals surface area contributed by atoms with Gasteiger partial charge in [0.1, 0.15) is 16.4 Å². The molecule has 0 radical (unpaired) electrons. The van der Waals surface area contributed by atoms with Gasteiger partial charge in [-0.25, -0.2) is 4.39 Å². The summed E-state index contributed by atoms with van der Waals surface area (Å²) in [6, 6.07) is 9.37. The highest BCUT2D eigenvalue weighted by Gasteiger charge is 2.35. The van der Waals surface area contributed by atoms with Gasteiger partial charge in [0.25, 0.3) is 11.8 Å². The third-order valence-electron chi connectivity index (χ3n) is 8.12. The zero-order chi connectivity index (χ0) is 35.7. The summed E-state index contributed by atoms with van der Waals surface area (Å²) < 4.78 is 99.7. The standard InChI is InChI=1S/C33H30F7N3O5S/c1-48-26-9-4-17(18-3-2-10-43(14-18)15-21(45)16-44)11-23(26)30(46)42-28-22-7-5-19(32(35,36)37)12-27(22)49-29(28)31(47)41-20-6-8-25(34)24(13-20)33(38,39)40/h4-9,11-13,18,21,44-45H,2-3,10,14-16H2,1H3,(H,41,47)(H,42,46). The van der Waals surface area contributed by atoms with E-state index in [1.165, 1.54) is 7.11 Å². The second-order valence-corrected chi connectivity index (χ2v) is 12.6. The molecule has 2 unspecified atom stereocenters. The first-order chi connectivity index (χ1) is 23.1. The predicted octanol–water partition coefficient (Wildman–Crippen LogP) is 7.12. The van der Waals surface area contributed by atoms with Gasteiger partial charge in [-0.1, -0.05) is 12.1 Å². The summed E-state index contributed by atoms with van der Waals surface area (Å²) in [5, 5.41) is 24.0. The molecular weight excluding hydrogens is 683 g/mol. The van der Waals surface area contributed by atoms with Crippen molar-refractivity contribution in [1.29, 1.82) is 0 Å². The van der Waals surface area contributed by atoms with Crippen LogP contribution in [-0.2, 0) is 12.4 Å². The van der Waals surface area contributed by atoms with E-state index in [0.717, 1.165) is 42.7 Å². The lowest BCUT2D eigenvalue weighted by molar-refractivity contribution is -0.140. The Morgan fingerprint density at radius 1 is 1.00 bits per heavy atom. The summed E-state index contributed by atoms with van der Waals surface area (Å²) in [5.74, 6) is -3.31. The van der Waals surface area contributed by atoms with Gasteiger partial charge in [-0.15, -0.1) is 11.3 Å². The molecule has 49 heavy (non-hydrogen) atoms. The number of fused-ring (bicyclic) bond motifs is 1. The van der Waals surface area contributed by atoms with Crippen LogP contribution in [0.2, 0.25) is 0 Å². The second kappa shape index (κ2) is 14.3. The predicted molar refractivity (Wildman–Crippen MR) is 169 cm³/mol. The molecule has 2 amide bonds. The molecule has 1 aliphatic rings. The number of rotatable bonds is 9. The third-order valence-corrected chi connectivity index (χ3v) is 9.27. The van der Waals surface area contributed by atoms with Crippen molar-refractivity contribution in [2.75, 3.05) is 44.0 Å². The van der Waals surface area contributed by atoms with Crippen LogP contribution in [0.5, 0.6) is 5.75 Å². The maximum Gasteiger partial charge on any atom is 0.419 e. The van der Waals surface area contributed by atoms with Crippen molar-refractivity contribution in [3.05, 3.63) is 87.5 Å². The number of aliphatic hydroxyl groups is 2. The van der Waals surface area contributed by atoms with E-state index in [0.29, 0.717) is 36.6 Å². The molecule has 1 fully saturated rings. The van der Waals surface area contributed by atoms with Gasteiger partial charge in [-0.2, -0.15) is 26.3 Å². The molecule has 262 valence electrons. The Labute approximate surface area is 279 Å². The van der Waals surface area contributed by atoms with Crippen LogP contribution < -0.4 is 15.4 Å². The Balaban J connectivity index is 1.50. The minimum atomic E-state index is -5.07. The zero-order valence-electron chi connectivity index (χ0n) is 25.7. The molecule has 2 heterocycles. The molecule has 1 aliphatic heterocycles. The molecule has 4 aromatic rings. The van der Waals surface area contributed by atoms with E-state index in [-0.39, 0.29) is 51.0 Å². The first-order valence-corrected chi connectivity index (χ1v) is 15.7. The number of anilines is 2. The van der Waals surface area contributed by atoms with Crippen molar-refractivity contribution in [2.45, 2.75) is 37.2 Å². The minimum Gasteiger partial charge on any atom is -0.496 e. The maximum atomic E-state index is 13.9. The number of thiophene rings is 1. The molecule has 5 rings (SSSR count). The van der Waals surface area contributed by atoms with Crippen LogP contribution in [0, 0.1) is 5.82 Å². The van der Waals surface area contributed by atoms with Gasteiger partial charge in [0.2, 0.25) is 0 Å². The van der Waals surface area contributed by atoms with Crippen molar-refractivity contribution >= 4 is 44.6 Å². The van der Waals surface area contributed by atoms with E-state index in [9.17, 15) is 50.5 Å². The smallest absolute Gasteiger partial charge is 0.419 e. The van der Waals surface area contributed by atoms with Gasteiger partial charge in [0.15, 0.2) is 0 Å². The molecule has 0 saturated carbocycles. The number of hydrogen-bond donors (Lipinski definition) is 4. The Morgan fingerprint density at radius 2 is 1.76 bits per heavy atom. The van der Waals surface area contributed by atoms with Gasteiger partial charge in [0, 0.05) is 28.9 Å². The Bertz CT molecular complexity index is 1860. The number of β-amino-alcohol motifs (C(OH)–C–C–N with tert-alkyl or cyclic N) is 1. The number of carbonyl (C=O) groups is 2. The summed E-state index contributed by atoms with van der Waals surface area (Å²) in [7, 11) is 1.33. The first kappa shape index (κ1) is 36.0. The summed E-state index contributed by atoms with van der Waals surface area (Å²) in [4.78, 5) is 29.0. The minimum absolute atomic E-state index is 0.0403. The Kier molecular flexibility index (Phi) is 10.5. The van der Waals surface area contributed by atoms with Crippen LogP contribution in [-0.4, -0.2) is 66.4 Å². The average Bonchev–Trinajstić information content (AvgIpc) is 3.42. The fraction of sp³-hybridized carbons (Fsp3) is 0.333. The summed E-state index contributed by atoms with van der Waals surface area (Å²) in [5.41, 5.74) is -2.49. The second-order valence-electron chi connectivity index (χ2n) is 11.5. The van der Waals surface area contributed by atoms with Crippen molar-refractivity contribution in [3.8, 4) is 5.75 Å². The van der Waals surface area contributed by atoms with E-state index in [1.54, 1.807) is 18.2 Å². The first-order valence-electron chi connectivity index (χ1n) is 14.9. The Hall–Kier alpha value is -4.25. The van der Waals surface area contributed by atoms with Crippen molar-refractivity contribution in [2.24, 2.45) is 0 Å². The lowest BCUT2D eigenvalue weighted by atomic mass is 9.89. The SMILES string of the molecule is COc1ccc(C2CCCN(CC(O)CO)C2)cc1C(=O)Nc1c(C(=O)Nc2ccc(F)c(C(F)(F)F)c2)sc2cc(C(F)(F)F)ccc12. The number of piperidine rings is 1. The highest BCUT2D eigenvalue weighted by Crippen LogP contribution is 2.41. The number of ether oxygens (including phenoxy) is 1. The number of alkyl halides is 6. The van der Waals surface area contributed by atoms with Crippen molar-refractivity contribution < 1.29 is 55.3 Å². The molecule has 1 aromatic heterocycles. The maximum absolute atomic E-state index is 13.9. The molecule has 8 nitrogen and oxygen atoms in total. The van der Waals surface area contributed by atoms with Crippen molar-refractivity contribution in [3.63, 3.8) is 0 Å². The van der Waals surface area contributed by atoms with Crippen molar-refractivity contribution in [1.82, 2.24) is 4.90 Å². The normalized spacial score (nSPS) is 16.4. The van der Waals surface area contributed by atoms with Gasteiger partial charge < -0.3 is 30.5 Å². The highest BCUT2D eigenvalue weighted by molar-refractivity contribution is 7.21. The largest absolute Gasteiger partial charge is 0.496 e. The number of benzene rings is 3. The van der Waals surface area contributed by atoms with Crippen LogP contribution in [0.15, 0.2) is 54.6 Å². The van der Waals surface area contributed by atoms with Gasteiger partial charge in [0.05, 0.1) is 42.2 Å². The molecule has 0 bridgehead atoms. The number of methoxy groups -OCH3 is 1. The summed E-state index contributed by atoms with van der Waals surface area (Å²) >= 11 is 0.576.